The maximum Gasteiger partial charge on any atom is 0.270 e. The fourth-order valence-electron chi connectivity index (χ4n) is 1.57. The van der Waals surface area contributed by atoms with E-state index in [9.17, 15) is 14.9 Å². The predicted octanol–water partition coefficient (Wildman–Crippen LogP) is 3.37. The minimum atomic E-state index is -0.651. The van der Waals surface area contributed by atoms with E-state index in [1.54, 1.807) is 12.3 Å². The molecule has 0 aliphatic rings. The van der Waals surface area contributed by atoms with Crippen LogP contribution in [0.5, 0.6) is 0 Å². The van der Waals surface area contributed by atoms with Gasteiger partial charge < -0.3 is 5.32 Å². The quantitative estimate of drug-likeness (QED) is 0.314. The normalized spacial score (nSPS) is 10.0. The second-order valence-electron chi connectivity index (χ2n) is 4.19. The lowest BCUT2D eigenvalue weighted by molar-refractivity contribution is -0.384. The third kappa shape index (κ3) is 4.81. The summed E-state index contributed by atoms with van der Waals surface area (Å²) in [5.74, 6) is -0.192. The fourth-order valence-corrected chi connectivity index (χ4v) is 2.29. The number of anilines is 1. The van der Waals surface area contributed by atoms with E-state index in [-0.39, 0.29) is 21.4 Å². The lowest BCUT2D eigenvalue weighted by Gasteiger charge is -2.09. The largest absolute Gasteiger partial charge is 0.317 e. The molecule has 7 nitrogen and oxygen atoms in total. The number of nitro groups is 1. The maximum atomic E-state index is 12.1. The molecule has 0 fully saturated rings. The molecule has 0 radical (unpaired) electrons. The van der Waals surface area contributed by atoms with Gasteiger partial charge in [-0.2, -0.15) is 0 Å². The zero-order valence-corrected chi connectivity index (χ0v) is 15.0. The monoisotopic (exact) mass is 462 g/mol. The number of rotatable bonds is 3. The van der Waals surface area contributed by atoms with Crippen molar-refractivity contribution >= 4 is 68.9 Å². The molecule has 1 amide bonds. The first-order valence-electron chi connectivity index (χ1n) is 6.04. The summed E-state index contributed by atoms with van der Waals surface area (Å²) in [7, 11) is 0. The minimum Gasteiger partial charge on any atom is -0.317 e. The molecule has 0 bridgehead atoms. The highest BCUT2D eigenvalue weighted by molar-refractivity contribution is 14.1. The van der Waals surface area contributed by atoms with Crippen molar-refractivity contribution in [1.29, 1.82) is 0 Å². The van der Waals surface area contributed by atoms with Crippen molar-refractivity contribution < 1.29 is 9.72 Å². The van der Waals surface area contributed by atoms with E-state index in [1.807, 2.05) is 6.07 Å². The molecule has 2 rings (SSSR count). The number of pyridine rings is 1. The lowest BCUT2D eigenvalue weighted by Crippen LogP contribution is -2.34. The molecule has 0 spiro atoms. The molecule has 2 N–H and O–H groups in total. The van der Waals surface area contributed by atoms with Gasteiger partial charge in [0.25, 0.3) is 11.6 Å². The van der Waals surface area contributed by atoms with Crippen LogP contribution in [0.1, 0.15) is 10.4 Å². The summed E-state index contributed by atoms with van der Waals surface area (Å²) >= 11 is 13.0. The topological polar surface area (TPSA) is 97.2 Å². The van der Waals surface area contributed by atoms with Crippen LogP contribution in [-0.2, 0) is 0 Å². The number of aromatic nitrogens is 1. The number of halogens is 2. The van der Waals surface area contributed by atoms with Gasteiger partial charge in [0.05, 0.1) is 15.5 Å². The number of nitro benzene ring substituents is 1. The van der Waals surface area contributed by atoms with Crippen LogP contribution in [-0.4, -0.2) is 20.9 Å². The SMILES string of the molecule is O=C(NC(=S)Nc1ccc(I)cn1)c1cc([N+](=O)[O-])ccc1Cl. The van der Waals surface area contributed by atoms with Gasteiger partial charge in [-0.1, -0.05) is 11.6 Å². The summed E-state index contributed by atoms with van der Waals surface area (Å²) < 4.78 is 0.950. The Balaban J connectivity index is 2.09. The van der Waals surface area contributed by atoms with Crippen LogP contribution in [0.15, 0.2) is 36.5 Å². The third-order valence-corrected chi connectivity index (χ3v) is 3.77. The van der Waals surface area contributed by atoms with Crippen molar-refractivity contribution in [2.45, 2.75) is 0 Å². The molecular formula is C13H8ClIN4O3S. The zero-order valence-electron chi connectivity index (χ0n) is 11.2. The van der Waals surface area contributed by atoms with Crippen LogP contribution >= 0.6 is 46.4 Å². The summed E-state index contributed by atoms with van der Waals surface area (Å²) in [6.07, 6.45) is 1.63. The van der Waals surface area contributed by atoms with E-state index in [0.29, 0.717) is 5.82 Å². The summed E-state index contributed by atoms with van der Waals surface area (Å²) in [6, 6.07) is 7.10. The van der Waals surface area contributed by atoms with E-state index in [0.717, 1.165) is 9.64 Å². The van der Waals surface area contributed by atoms with E-state index in [4.69, 9.17) is 23.8 Å². The number of amides is 1. The lowest BCUT2D eigenvalue weighted by atomic mass is 10.2. The van der Waals surface area contributed by atoms with Crippen LogP contribution in [0.3, 0.4) is 0 Å². The van der Waals surface area contributed by atoms with Gasteiger partial charge in [0.1, 0.15) is 5.82 Å². The zero-order chi connectivity index (χ0) is 17.0. The molecule has 1 aromatic heterocycles. The van der Waals surface area contributed by atoms with E-state index in [2.05, 4.69) is 38.2 Å². The first-order chi connectivity index (χ1) is 10.9. The smallest absolute Gasteiger partial charge is 0.270 e. The first kappa shape index (κ1) is 17.5. The number of nitrogens with one attached hydrogen (secondary N) is 2. The summed E-state index contributed by atoms with van der Waals surface area (Å²) in [5, 5.41) is 16.0. The number of thiocarbonyl (C=S) groups is 1. The molecule has 0 aliphatic carbocycles. The molecule has 0 saturated heterocycles. The molecule has 1 aromatic carbocycles. The molecule has 1 heterocycles. The Kier molecular flexibility index (Phi) is 5.80. The first-order valence-corrected chi connectivity index (χ1v) is 7.91. The Hall–Kier alpha value is -1.85. The molecule has 0 atom stereocenters. The van der Waals surface area contributed by atoms with Crippen molar-refractivity contribution in [1.82, 2.24) is 10.3 Å². The second kappa shape index (κ2) is 7.62. The Bertz CT molecular complexity index is 785. The van der Waals surface area contributed by atoms with Crippen LogP contribution in [0.2, 0.25) is 5.02 Å². The third-order valence-electron chi connectivity index (χ3n) is 2.60. The van der Waals surface area contributed by atoms with E-state index in [1.165, 1.54) is 12.1 Å². The average molecular weight is 463 g/mol. The van der Waals surface area contributed by atoms with Crippen LogP contribution < -0.4 is 10.6 Å². The highest BCUT2D eigenvalue weighted by Crippen LogP contribution is 2.22. The molecule has 10 heteroatoms. The van der Waals surface area contributed by atoms with Crippen molar-refractivity contribution in [2.24, 2.45) is 0 Å². The van der Waals surface area contributed by atoms with E-state index >= 15 is 0 Å². The Labute approximate surface area is 154 Å². The number of non-ortho nitro benzene ring substituents is 1. The van der Waals surface area contributed by atoms with Gasteiger partial charge in [-0.05, 0) is 53.0 Å². The summed E-state index contributed by atoms with van der Waals surface area (Å²) in [6.45, 7) is 0. The molecule has 0 aliphatic heterocycles. The van der Waals surface area contributed by atoms with Gasteiger partial charge in [0.2, 0.25) is 0 Å². The van der Waals surface area contributed by atoms with Gasteiger partial charge in [-0.15, -0.1) is 0 Å². The van der Waals surface area contributed by atoms with Crippen LogP contribution in [0, 0.1) is 13.7 Å². The summed E-state index contributed by atoms with van der Waals surface area (Å²) in [5.41, 5.74) is -0.279. The van der Waals surface area contributed by atoms with Gasteiger partial charge in [0.15, 0.2) is 5.11 Å². The number of carbonyl (C=O) groups excluding carboxylic acids is 1. The van der Waals surface area contributed by atoms with E-state index < -0.39 is 10.8 Å². The maximum absolute atomic E-state index is 12.1. The Morgan fingerprint density at radius 3 is 2.70 bits per heavy atom. The highest BCUT2D eigenvalue weighted by atomic mass is 127. The molecule has 0 saturated carbocycles. The van der Waals surface area contributed by atoms with Crippen LogP contribution in [0.25, 0.3) is 0 Å². The van der Waals surface area contributed by atoms with Crippen molar-refractivity contribution in [3.63, 3.8) is 0 Å². The molecular weight excluding hydrogens is 455 g/mol. The highest BCUT2D eigenvalue weighted by Gasteiger charge is 2.16. The molecule has 0 unspecified atom stereocenters. The molecule has 118 valence electrons. The molecule has 23 heavy (non-hydrogen) atoms. The number of hydrogen-bond acceptors (Lipinski definition) is 5. The Morgan fingerprint density at radius 2 is 2.09 bits per heavy atom. The van der Waals surface area contributed by atoms with Gasteiger partial charge >= 0.3 is 0 Å². The van der Waals surface area contributed by atoms with Gasteiger partial charge in [-0.3, -0.25) is 20.2 Å². The second-order valence-corrected chi connectivity index (χ2v) is 6.25. The standard InChI is InChI=1S/C13H8ClIN4O3S/c14-10-3-2-8(19(21)22)5-9(10)12(20)18-13(23)17-11-4-1-7(15)6-16-11/h1-6H,(H2,16,17,18,20,23). The Morgan fingerprint density at radius 1 is 1.35 bits per heavy atom. The summed E-state index contributed by atoms with van der Waals surface area (Å²) in [4.78, 5) is 26.4. The van der Waals surface area contributed by atoms with Crippen molar-refractivity contribution in [3.05, 3.63) is 60.8 Å². The average Bonchev–Trinajstić information content (AvgIpc) is 2.49. The van der Waals surface area contributed by atoms with Gasteiger partial charge in [0, 0.05) is 21.9 Å². The number of nitrogens with zero attached hydrogens (tertiary/aromatic N) is 2. The van der Waals surface area contributed by atoms with Crippen LogP contribution in [0.4, 0.5) is 11.5 Å². The number of hydrogen-bond donors (Lipinski definition) is 2. The predicted molar refractivity (Wildman–Crippen MR) is 98.7 cm³/mol. The van der Waals surface area contributed by atoms with Gasteiger partial charge in [-0.25, -0.2) is 4.98 Å². The molecule has 2 aromatic rings. The fraction of sp³-hybridized carbons (Fsp3) is 0. The van der Waals surface area contributed by atoms with Crippen molar-refractivity contribution in [2.75, 3.05) is 5.32 Å². The van der Waals surface area contributed by atoms with Crippen molar-refractivity contribution in [3.8, 4) is 0 Å². The minimum absolute atomic E-state index is 0.00582. The number of benzene rings is 1. The number of carbonyl (C=O) groups is 1.